The number of thiazole rings is 1. The molecule has 0 fully saturated rings. The van der Waals surface area contributed by atoms with Crippen molar-refractivity contribution < 1.29 is 4.74 Å². The molecule has 1 aromatic heterocycles. The molecule has 1 aromatic carbocycles. The highest BCUT2D eigenvalue weighted by Gasteiger charge is 2.10. The number of aromatic nitrogens is 1. The summed E-state index contributed by atoms with van der Waals surface area (Å²) in [4.78, 5) is 5.85. The first kappa shape index (κ1) is 13.4. The van der Waals surface area contributed by atoms with Gasteiger partial charge in [0.05, 0.1) is 17.3 Å². The van der Waals surface area contributed by atoms with Crippen molar-refractivity contribution in [3.63, 3.8) is 0 Å². The van der Waals surface area contributed by atoms with Crippen molar-refractivity contribution in [1.82, 2.24) is 4.98 Å². The average molecular weight is 282 g/mol. The van der Waals surface area contributed by atoms with Crippen LogP contribution in [0.5, 0.6) is 5.75 Å². The maximum absolute atomic E-state index is 5.83. The second kappa shape index (κ2) is 6.21. The van der Waals surface area contributed by atoms with Gasteiger partial charge in [-0.05, 0) is 44.5 Å². The molecule has 0 aliphatic rings. The van der Waals surface area contributed by atoms with Crippen molar-refractivity contribution in [2.24, 2.45) is 0 Å². The van der Waals surface area contributed by atoms with Crippen LogP contribution in [0.25, 0.3) is 11.3 Å². The monoisotopic (exact) mass is 281 g/mol. The zero-order chi connectivity index (χ0) is 13.0. The summed E-state index contributed by atoms with van der Waals surface area (Å²) >= 11 is 7.55. The molecule has 2 nitrogen and oxygen atoms in total. The summed E-state index contributed by atoms with van der Waals surface area (Å²) in [7, 11) is 0. The Labute approximate surface area is 117 Å². The molecule has 0 saturated heterocycles. The molecule has 0 radical (unpaired) electrons. The van der Waals surface area contributed by atoms with Crippen molar-refractivity contribution in [3.8, 4) is 17.0 Å². The molecule has 0 spiro atoms. The zero-order valence-corrected chi connectivity index (χ0v) is 12.1. The Bertz CT molecular complexity index is 507. The third-order valence-electron chi connectivity index (χ3n) is 2.56. The van der Waals surface area contributed by atoms with Crippen LogP contribution >= 0.6 is 22.9 Å². The van der Waals surface area contributed by atoms with E-state index in [2.05, 4.69) is 17.1 Å². The lowest BCUT2D eigenvalue weighted by Crippen LogP contribution is -1.91. The quantitative estimate of drug-likeness (QED) is 0.763. The van der Waals surface area contributed by atoms with Gasteiger partial charge < -0.3 is 4.74 Å². The van der Waals surface area contributed by atoms with Gasteiger partial charge >= 0.3 is 0 Å². The molecule has 0 bridgehead atoms. The Kier molecular flexibility index (Phi) is 4.61. The molecule has 0 unspecified atom stereocenters. The summed E-state index contributed by atoms with van der Waals surface area (Å²) in [5.74, 6) is 1.53. The highest BCUT2D eigenvalue weighted by atomic mass is 35.5. The maximum atomic E-state index is 5.83. The Morgan fingerprint density at radius 3 is 2.61 bits per heavy atom. The molecule has 0 aliphatic heterocycles. The molecule has 18 heavy (non-hydrogen) atoms. The third kappa shape index (κ3) is 3.03. The van der Waals surface area contributed by atoms with Gasteiger partial charge in [0.2, 0.25) is 0 Å². The summed E-state index contributed by atoms with van der Waals surface area (Å²) < 4.78 is 5.44. The van der Waals surface area contributed by atoms with Gasteiger partial charge in [0, 0.05) is 16.3 Å². The van der Waals surface area contributed by atoms with Gasteiger partial charge in [0.15, 0.2) is 0 Å². The van der Waals surface area contributed by atoms with Gasteiger partial charge in [0.1, 0.15) is 5.75 Å². The number of alkyl halides is 1. The standard InChI is InChI=1S/C14H16ClNOS/c1-3-17-12-6-4-11(5-7-12)14-13(8-9-15)18-10(2)16-14/h4-7H,3,8-9H2,1-2H3. The van der Waals surface area contributed by atoms with Crippen LogP contribution in [0, 0.1) is 6.92 Å². The number of benzene rings is 1. The minimum atomic E-state index is 0.631. The smallest absolute Gasteiger partial charge is 0.119 e. The fourth-order valence-corrected chi connectivity index (χ4v) is 3.08. The number of aryl methyl sites for hydroxylation is 2. The summed E-state index contributed by atoms with van der Waals surface area (Å²) in [5.41, 5.74) is 2.18. The van der Waals surface area contributed by atoms with Crippen LogP contribution in [0.3, 0.4) is 0 Å². The molecule has 0 amide bonds. The first-order chi connectivity index (χ1) is 8.74. The Balaban J connectivity index is 2.29. The van der Waals surface area contributed by atoms with E-state index in [1.165, 1.54) is 4.88 Å². The number of hydrogen-bond acceptors (Lipinski definition) is 3. The van der Waals surface area contributed by atoms with E-state index in [-0.39, 0.29) is 0 Å². The van der Waals surface area contributed by atoms with E-state index in [9.17, 15) is 0 Å². The topological polar surface area (TPSA) is 22.1 Å². The predicted molar refractivity (Wildman–Crippen MR) is 77.9 cm³/mol. The van der Waals surface area contributed by atoms with Crippen LogP contribution in [0.15, 0.2) is 24.3 Å². The number of ether oxygens (including phenoxy) is 1. The normalized spacial score (nSPS) is 10.6. The molecule has 0 saturated carbocycles. The summed E-state index contributed by atoms with van der Waals surface area (Å²) in [6, 6.07) is 8.07. The molecule has 2 rings (SSSR count). The predicted octanol–water partition coefficient (Wildman–Crippen LogP) is 4.30. The Hall–Kier alpha value is -1.06. The lowest BCUT2D eigenvalue weighted by atomic mass is 10.1. The van der Waals surface area contributed by atoms with Gasteiger partial charge in [-0.25, -0.2) is 4.98 Å². The van der Waals surface area contributed by atoms with Gasteiger partial charge in [-0.1, -0.05) is 0 Å². The zero-order valence-electron chi connectivity index (χ0n) is 10.6. The lowest BCUT2D eigenvalue weighted by Gasteiger charge is -2.04. The van der Waals surface area contributed by atoms with Crippen molar-refractivity contribution in [2.75, 3.05) is 12.5 Å². The highest BCUT2D eigenvalue weighted by Crippen LogP contribution is 2.29. The number of rotatable bonds is 5. The van der Waals surface area contributed by atoms with Gasteiger partial charge in [-0.15, -0.1) is 22.9 Å². The van der Waals surface area contributed by atoms with Crippen LogP contribution in [0.2, 0.25) is 0 Å². The Morgan fingerprint density at radius 1 is 1.28 bits per heavy atom. The average Bonchev–Trinajstić information content (AvgIpc) is 2.72. The molecule has 4 heteroatoms. The van der Waals surface area contributed by atoms with E-state index in [1.807, 2.05) is 26.0 Å². The Morgan fingerprint density at radius 2 is 2.00 bits per heavy atom. The van der Waals surface area contributed by atoms with Crippen LogP contribution in [0.1, 0.15) is 16.8 Å². The second-order valence-corrected chi connectivity index (χ2v) is 5.57. The number of halogens is 1. The fraction of sp³-hybridized carbons (Fsp3) is 0.357. The van der Waals surface area contributed by atoms with E-state index in [1.54, 1.807) is 11.3 Å². The van der Waals surface area contributed by atoms with Crippen molar-refractivity contribution in [1.29, 1.82) is 0 Å². The van der Waals surface area contributed by atoms with Gasteiger partial charge in [-0.2, -0.15) is 0 Å². The SMILES string of the molecule is CCOc1ccc(-c2nc(C)sc2CCCl)cc1. The molecule has 0 atom stereocenters. The van der Waals surface area contributed by atoms with Gasteiger partial charge in [-0.3, -0.25) is 0 Å². The highest BCUT2D eigenvalue weighted by molar-refractivity contribution is 7.12. The van der Waals surface area contributed by atoms with E-state index in [0.717, 1.165) is 28.4 Å². The lowest BCUT2D eigenvalue weighted by molar-refractivity contribution is 0.340. The van der Waals surface area contributed by atoms with Crippen molar-refractivity contribution in [2.45, 2.75) is 20.3 Å². The first-order valence-electron chi connectivity index (χ1n) is 6.00. The first-order valence-corrected chi connectivity index (χ1v) is 7.35. The number of hydrogen-bond donors (Lipinski definition) is 0. The van der Waals surface area contributed by atoms with E-state index < -0.39 is 0 Å². The van der Waals surface area contributed by atoms with E-state index >= 15 is 0 Å². The third-order valence-corrected chi connectivity index (χ3v) is 3.78. The van der Waals surface area contributed by atoms with Crippen LogP contribution in [-0.2, 0) is 6.42 Å². The summed E-state index contributed by atoms with van der Waals surface area (Å²) in [5, 5.41) is 1.08. The molecule has 1 heterocycles. The molecular weight excluding hydrogens is 266 g/mol. The molecule has 0 N–H and O–H groups in total. The second-order valence-electron chi connectivity index (χ2n) is 3.90. The van der Waals surface area contributed by atoms with E-state index in [4.69, 9.17) is 16.3 Å². The minimum Gasteiger partial charge on any atom is -0.494 e. The summed E-state index contributed by atoms with van der Waals surface area (Å²) in [6.07, 6.45) is 0.871. The number of nitrogens with zero attached hydrogens (tertiary/aromatic N) is 1. The molecular formula is C14H16ClNOS. The molecule has 2 aromatic rings. The summed E-state index contributed by atoms with van der Waals surface area (Å²) in [6.45, 7) is 4.70. The maximum Gasteiger partial charge on any atom is 0.119 e. The minimum absolute atomic E-state index is 0.631. The van der Waals surface area contributed by atoms with Crippen LogP contribution < -0.4 is 4.74 Å². The van der Waals surface area contributed by atoms with Crippen LogP contribution in [-0.4, -0.2) is 17.5 Å². The van der Waals surface area contributed by atoms with Crippen LogP contribution in [0.4, 0.5) is 0 Å². The van der Waals surface area contributed by atoms with Crippen molar-refractivity contribution >= 4 is 22.9 Å². The van der Waals surface area contributed by atoms with Gasteiger partial charge in [0.25, 0.3) is 0 Å². The molecule has 96 valence electrons. The van der Waals surface area contributed by atoms with Crippen molar-refractivity contribution in [3.05, 3.63) is 34.2 Å². The fourth-order valence-electron chi connectivity index (χ4n) is 1.83. The molecule has 0 aliphatic carbocycles. The largest absolute Gasteiger partial charge is 0.494 e. The van der Waals surface area contributed by atoms with E-state index in [0.29, 0.717) is 12.5 Å².